The van der Waals surface area contributed by atoms with Crippen LogP contribution in [0.2, 0.25) is 0 Å². The molecule has 1 atom stereocenters. The van der Waals surface area contributed by atoms with Gasteiger partial charge in [-0.15, -0.1) is 11.8 Å². The van der Waals surface area contributed by atoms with Gasteiger partial charge in [-0.1, -0.05) is 44.9 Å². The normalized spacial score (nSPS) is 19.4. The zero-order valence-electron chi connectivity index (χ0n) is 10.9. The first-order chi connectivity index (χ1) is 8.35. The first-order valence-corrected chi connectivity index (χ1v) is 7.78. The molecular formula is C15H23NS. The van der Waals surface area contributed by atoms with Crippen LogP contribution in [0.3, 0.4) is 0 Å². The van der Waals surface area contributed by atoms with Gasteiger partial charge in [0.25, 0.3) is 0 Å². The number of hydrogen-bond donors (Lipinski definition) is 1. The van der Waals surface area contributed by atoms with E-state index in [2.05, 4.69) is 43.4 Å². The minimum atomic E-state index is 0.577. The zero-order chi connectivity index (χ0) is 12.1. The largest absolute Gasteiger partial charge is 0.310 e. The van der Waals surface area contributed by atoms with Crippen molar-refractivity contribution in [3.05, 3.63) is 29.8 Å². The molecular weight excluding hydrogens is 226 g/mol. The Morgan fingerprint density at radius 2 is 2.06 bits per heavy atom. The fourth-order valence-corrected chi connectivity index (χ4v) is 3.57. The average molecular weight is 249 g/mol. The molecule has 1 aromatic carbocycles. The lowest BCUT2D eigenvalue weighted by molar-refractivity contribution is 0.403. The summed E-state index contributed by atoms with van der Waals surface area (Å²) in [5.41, 5.74) is 1.51. The van der Waals surface area contributed by atoms with Gasteiger partial charge >= 0.3 is 0 Å². The minimum Gasteiger partial charge on any atom is -0.310 e. The predicted octanol–water partition coefficient (Wildman–Crippen LogP) is 4.25. The number of fused-ring (bicyclic) bond motifs is 1. The average Bonchev–Trinajstić information content (AvgIpc) is 2.40. The second kappa shape index (κ2) is 6.46. The topological polar surface area (TPSA) is 12.0 Å². The molecule has 1 nitrogen and oxygen atoms in total. The number of benzene rings is 1. The molecule has 0 radical (unpaired) electrons. The minimum absolute atomic E-state index is 0.577. The molecule has 17 heavy (non-hydrogen) atoms. The van der Waals surface area contributed by atoms with Crippen molar-refractivity contribution >= 4 is 11.8 Å². The SMILES string of the molecule is CCC(CC)CNC1CCSc2ccccc21. The molecule has 1 unspecified atom stereocenters. The second-order valence-corrected chi connectivity index (χ2v) is 5.96. The van der Waals surface area contributed by atoms with Crippen LogP contribution in [0.1, 0.15) is 44.7 Å². The van der Waals surface area contributed by atoms with Gasteiger partial charge in [-0.25, -0.2) is 0 Å². The van der Waals surface area contributed by atoms with Crippen molar-refractivity contribution in [1.29, 1.82) is 0 Å². The molecule has 0 aromatic heterocycles. The maximum absolute atomic E-state index is 3.77. The molecule has 2 rings (SSSR count). The molecule has 1 heterocycles. The van der Waals surface area contributed by atoms with E-state index in [0.717, 1.165) is 12.5 Å². The molecule has 0 spiro atoms. The molecule has 0 aliphatic carbocycles. The van der Waals surface area contributed by atoms with E-state index in [1.54, 1.807) is 0 Å². The van der Waals surface area contributed by atoms with Gasteiger partial charge in [-0.3, -0.25) is 0 Å². The molecule has 0 bridgehead atoms. The van der Waals surface area contributed by atoms with E-state index >= 15 is 0 Å². The maximum atomic E-state index is 3.77. The summed E-state index contributed by atoms with van der Waals surface area (Å²) in [6, 6.07) is 9.43. The third kappa shape index (κ3) is 3.26. The first kappa shape index (κ1) is 13.0. The highest BCUT2D eigenvalue weighted by Gasteiger charge is 2.20. The highest BCUT2D eigenvalue weighted by molar-refractivity contribution is 7.99. The van der Waals surface area contributed by atoms with Crippen LogP contribution in [0.5, 0.6) is 0 Å². The monoisotopic (exact) mass is 249 g/mol. The Labute approximate surface area is 109 Å². The highest BCUT2D eigenvalue weighted by Crippen LogP contribution is 2.35. The Kier molecular flexibility index (Phi) is 4.93. The third-order valence-corrected chi connectivity index (χ3v) is 4.89. The summed E-state index contributed by atoms with van der Waals surface area (Å²) in [5.74, 6) is 2.08. The molecule has 2 heteroatoms. The summed E-state index contributed by atoms with van der Waals surface area (Å²) in [5, 5.41) is 3.77. The van der Waals surface area contributed by atoms with Crippen LogP contribution in [-0.4, -0.2) is 12.3 Å². The summed E-state index contributed by atoms with van der Waals surface area (Å²) in [7, 11) is 0. The van der Waals surface area contributed by atoms with Gasteiger partial charge in [0.1, 0.15) is 0 Å². The van der Waals surface area contributed by atoms with Crippen LogP contribution >= 0.6 is 11.8 Å². The Bertz CT molecular complexity index is 347. The smallest absolute Gasteiger partial charge is 0.0339 e. The standard InChI is InChI=1S/C15H23NS/c1-3-12(4-2)11-16-14-9-10-17-15-8-6-5-7-13(14)15/h5-8,12,14,16H,3-4,9-11H2,1-2H3. The molecule has 1 aliphatic rings. The number of rotatable bonds is 5. The summed E-state index contributed by atoms with van der Waals surface area (Å²) >= 11 is 2.00. The van der Waals surface area contributed by atoms with Crippen molar-refractivity contribution < 1.29 is 0 Å². The molecule has 0 saturated carbocycles. The van der Waals surface area contributed by atoms with Crippen LogP contribution in [0.25, 0.3) is 0 Å². The first-order valence-electron chi connectivity index (χ1n) is 6.80. The van der Waals surface area contributed by atoms with Crippen molar-refractivity contribution in [3.63, 3.8) is 0 Å². The molecule has 0 saturated heterocycles. The number of thioether (sulfide) groups is 1. The van der Waals surface area contributed by atoms with Crippen molar-refractivity contribution in [2.75, 3.05) is 12.3 Å². The molecule has 1 aromatic rings. The molecule has 1 aliphatic heterocycles. The van der Waals surface area contributed by atoms with Crippen LogP contribution < -0.4 is 5.32 Å². The maximum Gasteiger partial charge on any atom is 0.0339 e. The highest BCUT2D eigenvalue weighted by atomic mass is 32.2. The van der Waals surface area contributed by atoms with Crippen LogP contribution in [-0.2, 0) is 0 Å². The van der Waals surface area contributed by atoms with Gasteiger partial charge in [-0.05, 0) is 36.3 Å². The lowest BCUT2D eigenvalue weighted by Crippen LogP contribution is -2.29. The van der Waals surface area contributed by atoms with Gasteiger partial charge in [0, 0.05) is 10.9 Å². The van der Waals surface area contributed by atoms with Gasteiger partial charge in [-0.2, -0.15) is 0 Å². The van der Waals surface area contributed by atoms with Crippen molar-refractivity contribution in [2.24, 2.45) is 5.92 Å². The quantitative estimate of drug-likeness (QED) is 0.837. The Hall–Kier alpha value is -0.470. The molecule has 0 amide bonds. The van der Waals surface area contributed by atoms with E-state index in [1.807, 2.05) is 11.8 Å². The second-order valence-electron chi connectivity index (χ2n) is 4.82. The van der Waals surface area contributed by atoms with Crippen LogP contribution in [0, 0.1) is 5.92 Å². The van der Waals surface area contributed by atoms with E-state index in [1.165, 1.54) is 35.5 Å². The number of hydrogen-bond acceptors (Lipinski definition) is 2. The lowest BCUT2D eigenvalue weighted by Gasteiger charge is -2.27. The zero-order valence-corrected chi connectivity index (χ0v) is 11.7. The van der Waals surface area contributed by atoms with Crippen molar-refractivity contribution in [1.82, 2.24) is 5.32 Å². The summed E-state index contributed by atoms with van der Waals surface area (Å²) in [6.07, 6.45) is 3.83. The Morgan fingerprint density at radius 1 is 1.29 bits per heavy atom. The summed E-state index contributed by atoms with van der Waals surface area (Å²) in [4.78, 5) is 1.47. The Morgan fingerprint density at radius 3 is 2.82 bits per heavy atom. The predicted molar refractivity (Wildman–Crippen MR) is 76.6 cm³/mol. The molecule has 1 N–H and O–H groups in total. The van der Waals surface area contributed by atoms with Gasteiger partial charge in [0.05, 0.1) is 0 Å². The molecule has 0 fully saturated rings. The number of nitrogens with one attached hydrogen (secondary N) is 1. The van der Waals surface area contributed by atoms with E-state index < -0.39 is 0 Å². The fraction of sp³-hybridized carbons (Fsp3) is 0.600. The third-order valence-electron chi connectivity index (χ3n) is 3.77. The Balaban J connectivity index is 1.99. The van der Waals surface area contributed by atoms with E-state index in [4.69, 9.17) is 0 Å². The van der Waals surface area contributed by atoms with Crippen molar-refractivity contribution in [2.45, 2.75) is 44.0 Å². The van der Waals surface area contributed by atoms with Gasteiger partial charge in [0.2, 0.25) is 0 Å². The fourth-order valence-electron chi connectivity index (χ4n) is 2.44. The van der Waals surface area contributed by atoms with Gasteiger partial charge in [0.15, 0.2) is 0 Å². The summed E-state index contributed by atoms with van der Waals surface area (Å²) < 4.78 is 0. The van der Waals surface area contributed by atoms with E-state index in [0.29, 0.717) is 6.04 Å². The molecule has 94 valence electrons. The van der Waals surface area contributed by atoms with Gasteiger partial charge < -0.3 is 5.32 Å². The van der Waals surface area contributed by atoms with Crippen LogP contribution in [0.4, 0.5) is 0 Å². The lowest BCUT2D eigenvalue weighted by atomic mass is 10.00. The van der Waals surface area contributed by atoms with E-state index in [-0.39, 0.29) is 0 Å². The van der Waals surface area contributed by atoms with Crippen LogP contribution in [0.15, 0.2) is 29.2 Å². The summed E-state index contributed by atoms with van der Waals surface area (Å²) in [6.45, 7) is 5.75. The van der Waals surface area contributed by atoms with Crippen molar-refractivity contribution in [3.8, 4) is 0 Å². The van der Waals surface area contributed by atoms with E-state index in [9.17, 15) is 0 Å².